The lowest BCUT2D eigenvalue weighted by atomic mass is 10.1. The fourth-order valence-corrected chi connectivity index (χ4v) is 7.99. The number of carbonyl (C=O) groups is 5. The maximum absolute atomic E-state index is 13.7. The molecule has 0 unspecified atom stereocenters. The van der Waals surface area contributed by atoms with E-state index in [1.807, 2.05) is 0 Å². The summed E-state index contributed by atoms with van der Waals surface area (Å²) in [5.41, 5.74) is 0.955. The van der Waals surface area contributed by atoms with Crippen molar-refractivity contribution in [3.05, 3.63) is 179 Å². The summed E-state index contributed by atoms with van der Waals surface area (Å²) >= 11 is 6.03. The highest BCUT2D eigenvalue weighted by atomic mass is 35.5. The Morgan fingerprint density at radius 2 is 0.746 bits per heavy atom. The van der Waals surface area contributed by atoms with E-state index in [1.54, 1.807) is 115 Å². The molecule has 3 heterocycles. The summed E-state index contributed by atoms with van der Waals surface area (Å²) in [6.45, 7) is -1.59. The maximum atomic E-state index is 13.7. The number of carbonyl (C=O) groups excluding carboxylic acids is 5. The van der Waals surface area contributed by atoms with Gasteiger partial charge >= 0.3 is 29.8 Å². The van der Waals surface area contributed by atoms with Gasteiger partial charge in [0.05, 0.1) is 41.0 Å². The minimum atomic E-state index is -1.75. The van der Waals surface area contributed by atoms with Crippen LogP contribution in [0.1, 0.15) is 51.8 Å². The van der Waals surface area contributed by atoms with E-state index < -0.39 is 123 Å². The van der Waals surface area contributed by atoms with E-state index in [2.05, 4.69) is 0 Å². The lowest BCUT2D eigenvalue weighted by Crippen LogP contribution is -2.46. The van der Waals surface area contributed by atoms with Gasteiger partial charge in [-0.3, -0.25) is 0 Å². The van der Waals surface area contributed by atoms with E-state index in [4.69, 9.17) is 63.7 Å². The van der Waals surface area contributed by atoms with Crippen molar-refractivity contribution in [2.45, 2.75) is 73.8 Å². The average Bonchev–Trinajstić information content (AvgIpc) is 4.01. The molecule has 0 radical (unpaired) electrons. The zero-order chi connectivity index (χ0) is 49.7. The Morgan fingerprint density at radius 1 is 0.408 bits per heavy atom. The van der Waals surface area contributed by atoms with E-state index >= 15 is 0 Å². The Morgan fingerprint density at radius 3 is 1.15 bits per heavy atom. The number of hydrogen-bond donors (Lipinski definition) is 2. The first-order valence-electron chi connectivity index (χ1n) is 22.6. The number of ether oxygens (including phenoxy) is 11. The third kappa shape index (κ3) is 12.9. The number of aliphatic hydroxyl groups is 2. The highest BCUT2D eigenvalue weighted by Gasteiger charge is 2.56. The molecule has 8 rings (SSSR count). The van der Waals surface area contributed by atoms with Gasteiger partial charge in [0.25, 0.3) is 0 Å². The largest absolute Gasteiger partial charge is 0.459 e. The van der Waals surface area contributed by atoms with E-state index in [-0.39, 0.29) is 40.3 Å². The quantitative estimate of drug-likeness (QED) is 0.0599. The van der Waals surface area contributed by atoms with Crippen LogP contribution in [-0.4, -0.2) is 146 Å². The standard InChI is InChI=1S/C52H49ClO18/c53-26-27-61-52-44(70-49(60)35-24-14-5-15-25-35)43(71-51-40(55)42(69-48(59)34-22-12-4-13-23-34)37(66-51)29-63-46(57)32-18-8-2-9-19-32)38(67-52)30-64-50-39(54)41(68-47(58)33-20-10-3-11-21-33)36(65-50)28-62-45(56)31-16-6-1-7-17-31/h1-25,36-44,50-52,54-55H,26-30H2/t36-,37-,38-,39+,40+,41-,42-,43-,44+,50+,51-,52+/m1/s1. The normalized spacial score (nSPS) is 26.8. The van der Waals surface area contributed by atoms with Crippen LogP contribution in [0, 0.1) is 0 Å². The van der Waals surface area contributed by atoms with Crippen molar-refractivity contribution in [2.75, 3.05) is 32.3 Å². The molecule has 0 spiro atoms. The average molecular weight is 997 g/mol. The fourth-order valence-electron chi connectivity index (χ4n) is 7.90. The first-order valence-corrected chi connectivity index (χ1v) is 23.1. The molecule has 18 nitrogen and oxygen atoms in total. The first kappa shape index (κ1) is 50.8. The zero-order valence-electron chi connectivity index (χ0n) is 37.7. The monoisotopic (exact) mass is 996 g/mol. The van der Waals surface area contributed by atoms with Gasteiger partial charge in [0, 0.05) is 5.88 Å². The minimum Gasteiger partial charge on any atom is -0.459 e. The summed E-state index contributed by atoms with van der Waals surface area (Å²) < 4.78 is 65.7. The number of rotatable bonds is 20. The maximum Gasteiger partial charge on any atom is 0.338 e. The van der Waals surface area contributed by atoms with Gasteiger partial charge in [-0.1, -0.05) is 91.0 Å². The molecule has 0 aromatic heterocycles. The van der Waals surface area contributed by atoms with E-state index in [1.165, 1.54) is 36.4 Å². The molecular weight excluding hydrogens is 948 g/mol. The third-order valence-corrected chi connectivity index (χ3v) is 11.6. The number of aliphatic hydroxyl groups excluding tert-OH is 2. The van der Waals surface area contributed by atoms with Crippen LogP contribution >= 0.6 is 11.6 Å². The van der Waals surface area contributed by atoms with Crippen LogP contribution in [0.15, 0.2) is 152 Å². The molecule has 0 bridgehead atoms. The van der Waals surface area contributed by atoms with Crippen molar-refractivity contribution >= 4 is 41.4 Å². The minimum absolute atomic E-state index is 0.00434. The molecule has 0 aliphatic carbocycles. The Bertz CT molecular complexity index is 2520. The van der Waals surface area contributed by atoms with Gasteiger partial charge in [0.15, 0.2) is 37.2 Å². The van der Waals surface area contributed by atoms with Crippen molar-refractivity contribution in [3.8, 4) is 0 Å². The van der Waals surface area contributed by atoms with Crippen LogP contribution < -0.4 is 0 Å². The predicted octanol–water partition coefficient (Wildman–Crippen LogP) is 4.93. The number of alkyl halides is 1. The molecule has 71 heavy (non-hydrogen) atoms. The molecule has 372 valence electrons. The summed E-state index contributed by atoms with van der Waals surface area (Å²) in [6, 6.07) is 40.2. The van der Waals surface area contributed by atoms with Crippen molar-refractivity contribution in [3.63, 3.8) is 0 Å². The van der Waals surface area contributed by atoms with Crippen molar-refractivity contribution in [1.82, 2.24) is 0 Å². The number of esters is 5. The van der Waals surface area contributed by atoms with Crippen LogP contribution in [-0.2, 0) is 52.1 Å². The van der Waals surface area contributed by atoms with Gasteiger partial charge in [-0.2, -0.15) is 0 Å². The molecule has 2 N–H and O–H groups in total. The van der Waals surface area contributed by atoms with Crippen LogP contribution in [0.3, 0.4) is 0 Å². The van der Waals surface area contributed by atoms with Crippen molar-refractivity contribution < 1.29 is 86.3 Å². The van der Waals surface area contributed by atoms with Crippen LogP contribution in [0.2, 0.25) is 0 Å². The molecule has 5 aromatic carbocycles. The number of hydrogen-bond acceptors (Lipinski definition) is 18. The lowest BCUT2D eigenvalue weighted by Gasteiger charge is -2.28. The van der Waals surface area contributed by atoms with E-state index in [9.17, 15) is 34.2 Å². The second kappa shape index (κ2) is 24.5. The van der Waals surface area contributed by atoms with Gasteiger partial charge in [0.1, 0.15) is 49.8 Å². The summed E-state index contributed by atoms with van der Waals surface area (Å²) in [6.07, 6.45) is -17.6. The summed E-state index contributed by atoms with van der Waals surface area (Å²) in [7, 11) is 0. The number of halogens is 1. The van der Waals surface area contributed by atoms with E-state index in [0.29, 0.717) is 0 Å². The van der Waals surface area contributed by atoms with Gasteiger partial charge in [-0.05, 0) is 60.7 Å². The van der Waals surface area contributed by atoms with Crippen molar-refractivity contribution in [2.24, 2.45) is 0 Å². The summed E-state index contributed by atoms with van der Waals surface area (Å²) in [5.74, 6) is -3.87. The highest BCUT2D eigenvalue weighted by molar-refractivity contribution is 6.18. The SMILES string of the molecule is O=C(OC[C@H]1O[C@H](OC[C@H]2O[C@H](OCCCl)[C@@H](OC(=O)c3ccccc3)[C@@H]2O[C@H]2O[C@H](COC(=O)c3ccccc3)[C@@H](OC(=O)c3ccccc3)[C@@H]2O)[C@@H](O)[C@@H]1OC(=O)c1ccccc1)c1ccccc1. The summed E-state index contributed by atoms with van der Waals surface area (Å²) in [4.78, 5) is 66.4. The molecule has 12 atom stereocenters. The Labute approximate surface area is 412 Å². The Kier molecular flexibility index (Phi) is 17.5. The predicted molar refractivity (Wildman–Crippen MR) is 246 cm³/mol. The fraction of sp³-hybridized carbons (Fsp3) is 0.327. The van der Waals surface area contributed by atoms with Gasteiger partial charge in [0.2, 0.25) is 0 Å². The molecule has 3 aliphatic heterocycles. The van der Waals surface area contributed by atoms with Crippen LogP contribution in [0.5, 0.6) is 0 Å². The molecule has 0 saturated carbocycles. The third-order valence-electron chi connectivity index (χ3n) is 11.5. The number of benzene rings is 5. The highest BCUT2D eigenvalue weighted by Crippen LogP contribution is 2.36. The molecule has 3 fully saturated rings. The second-order valence-corrected chi connectivity index (χ2v) is 16.6. The van der Waals surface area contributed by atoms with Crippen LogP contribution in [0.25, 0.3) is 0 Å². The van der Waals surface area contributed by atoms with Crippen molar-refractivity contribution in [1.29, 1.82) is 0 Å². The van der Waals surface area contributed by atoms with E-state index in [0.717, 1.165) is 0 Å². The van der Waals surface area contributed by atoms with Crippen LogP contribution in [0.4, 0.5) is 0 Å². The molecule has 5 aromatic rings. The first-order chi connectivity index (χ1) is 34.6. The molecule has 19 heteroatoms. The summed E-state index contributed by atoms with van der Waals surface area (Å²) in [5, 5.41) is 23.5. The Balaban J connectivity index is 1.05. The molecule has 0 amide bonds. The second-order valence-electron chi connectivity index (χ2n) is 16.2. The molecular formula is C52H49ClO18. The molecule has 3 aliphatic rings. The topological polar surface area (TPSA) is 227 Å². The smallest absolute Gasteiger partial charge is 0.338 e. The van der Waals surface area contributed by atoms with Gasteiger partial charge in [-0.25, -0.2) is 24.0 Å². The lowest BCUT2D eigenvalue weighted by molar-refractivity contribution is -0.227. The molecule has 3 saturated heterocycles. The van der Waals surface area contributed by atoms with Gasteiger partial charge < -0.3 is 62.3 Å². The zero-order valence-corrected chi connectivity index (χ0v) is 38.5. The Hall–Kier alpha value is -6.58. The van der Waals surface area contributed by atoms with Gasteiger partial charge in [-0.15, -0.1) is 11.6 Å².